The first kappa shape index (κ1) is 14.7. The number of rotatable bonds is 2. The molecule has 0 unspecified atom stereocenters. The summed E-state index contributed by atoms with van der Waals surface area (Å²) in [5, 5.41) is 0.532. The topological polar surface area (TPSA) is 38.7 Å². The molecule has 0 amide bonds. The summed E-state index contributed by atoms with van der Waals surface area (Å²) >= 11 is 8.43. The van der Waals surface area contributed by atoms with E-state index in [2.05, 4.69) is 58.3 Å². The van der Waals surface area contributed by atoms with Crippen LogP contribution in [-0.2, 0) is 11.8 Å². The Labute approximate surface area is 132 Å². The Morgan fingerprint density at radius 1 is 1.16 bits per heavy atom. The van der Waals surface area contributed by atoms with Crippen molar-refractivity contribution < 1.29 is 0 Å². The van der Waals surface area contributed by atoms with Crippen LogP contribution in [0.15, 0.2) is 24.5 Å². The number of pyridine rings is 1. The van der Waals surface area contributed by atoms with Gasteiger partial charge in [-0.3, -0.25) is 4.98 Å². The van der Waals surface area contributed by atoms with E-state index in [1.54, 1.807) is 12.4 Å². The number of halogens is 2. The second kappa shape index (κ2) is 5.71. The van der Waals surface area contributed by atoms with Gasteiger partial charge in [0.25, 0.3) is 0 Å². The third-order valence-corrected chi connectivity index (χ3v) is 4.29. The van der Waals surface area contributed by atoms with Crippen molar-refractivity contribution in [1.82, 2.24) is 15.0 Å². The lowest BCUT2D eigenvalue weighted by Crippen LogP contribution is -2.18. The summed E-state index contributed by atoms with van der Waals surface area (Å²) in [5.74, 6) is 0.751. The molecule has 2 aromatic heterocycles. The van der Waals surface area contributed by atoms with Crippen LogP contribution in [0.2, 0.25) is 5.15 Å². The Balaban J connectivity index is 2.40. The molecule has 19 heavy (non-hydrogen) atoms. The van der Waals surface area contributed by atoms with Gasteiger partial charge < -0.3 is 0 Å². The van der Waals surface area contributed by atoms with Crippen molar-refractivity contribution in [2.75, 3.05) is 0 Å². The highest BCUT2D eigenvalue weighted by molar-refractivity contribution is 14.1. The lowest BCUT2D eigenvalue weighted by Gasteiger charge is -2.20. The summed E-state index contributed by atoms with van der Waals surface area (Å²) in [6, 6.07) is 3.93. The Morgan fingerprint density at radius 2 is 1.79 bits per heavy atom. The van der Waals surface area contributed by atoms with Crippen molar-refractivity contribution in [3.8, 4) is 0 Å². The molecule has 0 bridgehead atoms. The van der Waals surface area contributed by atoms with E-state index < -0.39 is 0 Å². The maximum absolute atomic E-state index is 6.22. The van der Waals surface area contributed by atoms with Crippen LogP contribution in [0.25, 0.3) is 0 Å². The van der Waals surface area contributed by atoms with Crippen molar-refractivity contribution >= 4 is 34.2 Å². The molecule has 0 fully saturated rings. The lowest BCUT2D eigenvalue weighted by molar-refractivity contribution is 0.558. The van der Waals surface area contributed by atoms with Crippen molar-refractivity contribution in [2.45, 2.75) is 32.6 Å². The number of hydrogen-bond acceptors (Lipinski definition) is 3. The Kier molecular flexibility index (Phi) is 4.40. The van der Waals surface area contributed by atoms with Crippen LogP contribution in [0.5, 0.6) is 0 Å². The van der Waals surface area contributed by atoms with Gasteiger partial charge in [0.15, 0.2) is 0 Å². The smallest absolute Gasteiger partial charge is 0.146 e. The standard InChI is InChI=1S/C14H15ClIN3/c1-14(2,3)12-11(16)13(15)19-10(18-12)8-9-4-6-17-7-5-9/h4-7H,8H2,1-3H3. The van der Waals surface area contributed by atoms with Gasteiger partial charge in [-0.2, -0.15) is 0 Å². The molecule has 2 heterocycles. The van der Waals surface area contributed by atoms with Crippen molar-refractivity contribution in [3.05, 3.63) is 50.3 Å². The average Bonchev–Trinajstić information content (AvgIpc) is 2.33. The predicted octanol–water partition coefficient (Wildman–Crippen LogP) is 4.02. The molecule has 5 heteroatoms. The van der Waals surface area contributed by atoms with E-state index in [0.717, 1.165) is 20.7 Å². The highest BCUT2D eigenvalue weighted by Crippen LogP contribution is 2.29. The SMILES string of the molecule is CC(C)(C)c1nc(Cc2ccncc2)nc(Cl)c1I. The fraction of sp³-hybridized carbons (Fsp3) is 0.357. The number of nitrogens with zero attached hydrogens (tertiary/aromatic N) is 3. The van der Waals surface area contributed by atoms with Gasteiger partial charge in [0.2, 0.25) is 0 Å². The van der Waals surface area contributed by atoms with Gasteiger partial charge in [0.1, 0.15) is 11.0 Å². The fourth-order valence-electron chi connectivity index (χ4n) is 1.72. The third kappa shape index (κ3) is 3.63. The summed E-state index contributed by atoms with van der Waals surface area (Å²) in [7, 11) is 0. The summed E-state index contributed by atoms with van der Waals surface area (Å²) in [6.07, 6.45) is 4.21. The Hall–Kier alpha value is -0.750. The highest BCUT2D eigenvalue weighted by Gasteiger charge is 2.22. The van der Waals surface area contributed by atoms with Crippen molar-refractivity contribution in [2.24, 2.45) is 0 Å². The van der Waals surface area contributed by atoms with Gasteiger partial charge in [-0.05, 0) is 40.3 Å². The molecule has 3 nitrogen and oxygen atoms in total. The maximum Gasteiger partial charge on any atom is 0.146 e. The van der Waals surface area contributed by atoms with Gasteiger partial charge >= 0.3 is 0 Å². The molecule has 0 radical (unpaired) electrons. The fourth-order valence-corrected chi connectivity index (χ4v) is 2.96. The minimum atomic E-state index is -0.0455. The van der Waals surface area contributed by atoms with E-state index in [1.807, 2.05) is 12.1 Å². The lowest BCUT2D eigenvalue weighted by atomic mass is 9.92. The van der Waals surface area contributed by atoms with Crippen LogP contribution < -0.4 is 0 Å². The first-order chi connectivity index (χ1) is 8.88. The summed E-state index contributed by atoms with van der Waals surface area (Å²) in [5.41, 5.74) is 2.08. The molecule has 0 spiro atoms. The molecule has 0 saturated carbocycles. The Bertz CT molecular complexity index is 579. The minimum absolute atomic E-state index is 0.0455. The molecule has 2 aromatic rings. The summed E-state index contributed by atoms with van der Waals surface area (Å²) < 4.78 is 0.935. The maximum atomic E-state index is 6.22. The van der Waals surface area contributed by atoms with Crippen molar-refractivity contribution in [3.63, 3.8) is 0 Å². The summed E-state index contributed by atoms with van der Waals surface area (Å²) in [6.45, 7) is 6.39. The second-order valence-electron chi connectivity index (χ2n) is 5.38. The average molecular weight is 388 g/mol. The largest absolute Gasteiger partial charge is 0.265 e. The normalized spacial score (nSPS) is 11.6. The van der Waals surface area contributed by atoms with Crippen LogP contribution in [-0.4, -0.2) is 15.0 Å². The molecule has 0 atom stereocenters. The first-order valence-corrected chi connectivity index (χ1v) is 7.45. The van der Waals surface area contributed by atoms with Crippen LogP contribution in [0.4, 0.5) is 0 Å². The predicted molar refractivity (Wildman–Crippen MR) is 85.5 cm³/mol. The molecule has 2 rings (SSSR count). The van der Waals surface area contributed by atoms with E-state index in [-0.39, 0.29) is 5.41 Å². The molecule has 0 N–H and O–H groups in total. The monoisotopic (exact) mass is 387 g/mol. The molecule has 0 aromatic carbocycles. The quantitative estimate of drug-likeness (QED) is 0.577. The molecule has 0 aliphatic carbocycles. The molecular weight excluding hydrogens is 373 g/mol. The Morgan fingerprint density at radius 3 is 2.37 bits per heavy atom. The minimum Gasteiger partial charge on any atom is -0.265 e. The number of hydrogen-bond donors (Lipinski definition) is 0. The van der Waals surface area contributed by atoms with Gasteiger partial charge in [-0.15, -0.1) is 0 Å². The van der Waals surface area contributed by atoms with Crippen LogP contribution in [0.3, 0.4) is 0 Å². The molecule has 0 saturated heterocycles. The van der Waals surface area contributed by atoms with Crippen LogP contribution in [0.1, 0.15) is 37.9 Å². The molecule has 0 aliphatic heterocycles. The zero-order chi connectivity index (χ0) is 14.0. The highest BCUT2D eigenvalue weighted by atomic mass is 127. The van der Waals surface area contributed by atoms with Crippen LogP contribution in [0, 0.1) is 3.57 Å². The zero-order valence-corrected chi connectivity index (χ0v) is 14.0. The van der Waals surface area contributed by atoms with E-state index in [9.17, 15) is 0 Å². The van der Waals surface area contributed by atoms with Gasteiger partial charge in [0, 0.05) is 24.2 Å². The van der Waals surface area contributed by atoms with Crippen molar-refractivity contribution in [1.29, 1.82) is 0 Å². The summed E-state index contributed by atoms with van der Waals surface area (Å²) in [4.78, 5) is 13.1. The first-order valence-electron chi connectivity index (χ1n) is 5.99. The zero-order valence-electron chi connectivity index (χ0n) is 11.1. The van der Waals surface area contributed by atoms with E-state index >= 15 is 0 Å². The van der Waals surface area contributed by atoms with E-state index in [0.29, 0.717) is 11.6 Å². The molecule has 0 aliphatic rings. The molecule has 100 valence electrons. The van der Waals surface area contributed by atoms with E-state index in [4.69, 9.17) is 11.6 Å². The van der Waals surface area contributed by atoms with Gasteiger partial charge in [0.05, 0.1) is 9.26 Å². The third-order valence-electron chi connectivity index (χ3n) is 2.68. The van der Waals surface area contributed by atoms with Crippen LogP contribution >= 0.6 is 34.2 Å². The molecular formula is C14H15ClIN3. The van der Waals surface area contributed by atoms with Gasteiger partial charge in [-0.1, -0.05) is 32.4 Å². The second-order valence-corrected chi connectivity index (χ2v) is 6.81. The van der Waals surface area contributed by atoms with E-state index in [1.165, 1.54) is 0 Å². The van der Waals surface area contributed by atoms with Gasteiger partial charge in [-0.25, -0.2) is 9.97 Å². The number of aromatic nitrogens is 3.